The minimum Gasteiger partial charge on any atom is -0.454 e. The van der Waals surface area contributed by atoms with Gasteiger partial charge in [0.05, 0.1) is 4.91 Å². The summed E-state index contributed by atoms with van der Waals surface area (Å²) in [6, 6.07) is 5.54. The summed E-state index contributed by atoms with van der Waals surface area (Å²) >= 11 is 6.62. The Balaban J connectivity index is 1.54. The summed E-state index contributed by atoms with van der Waals surface area (Å²) in [6.45, 7) is 3.45. The maximum atomic E-state index is 12.6. The number of fused-ring (bicyclic) bond motifs is 1. The molecule has 2 aliphatic heterocycles. The zero-order valence-electron chi connectivity index (χ0n) is 15.2. The van der Waals surface area contributed by atoms with Crippen LogP contribution in [0.1, 0.15) is 38.2 Å². The molecule has 0 radical (unpaired) electrons. The highest BCUT2D eigenvalue weighted by Crippen LogP contribution is 2.36. The molecule has 0 atom stereocenters. The van der Waals surface area contributed by atoms with E-state index in [4.69, 9.17) is 21.7 Å². The number of nitrogens with zero attached hydrogens (tertiary/aromatic N) is 1. The van der Waals surface area contributed by atoms with Gasteiger partial charge in [-0.25, -0.2) is 0 Å². The fraction of sp³-hybridized carbons (Fsp3) is 0.421. The minimum absolute atomic E-state index is 0.0183. The zero-order valence-corrected chi connectivity index (χ0v) is 16.8. The molecule has 0 saturated carbocycles. The topological polar surface area (TPSA) is 67.9 Å². The number of carbonyl (C=O) groups is 2. The Kier molecular flexibility index (Phi) is 6.73. The molecule has 0 unspecified atom stereocenters. The first-order valence-corrected chi connectivity index (χ1v) is 10.2. The molecule has 27 heavy (non-hydrogen) atoms. The number of ether oxygens (including phenoxy) is 2. The molecular weight excluding hydrogens is 384 g/mol. The van der Waals surface area contributed by atoms with Crippen LogP contribution in [0.3, 0.4) is 0 Å². The third-order valence-corrected chi connectivity index (χ3v) is 5.58. The van der Waals surface area contributed by atoms with Crippen LogP contribution in [-0.4, -0.2) is 40.9 Å². The van der Waals surface area contributed by atoms with Gasteiger partial charge in [0.15, 0.2) is 11.5 Å². The van der Waals surface area contributed by atoms with E-state index < -0.39 is 0 Å². The number of unbranched alkanes of at least 4 members (excludes halogenated alkanes) is 1. The fourth-order valence-corrected chi connectivity index (χ4v) is 4.05. The molecule has 3 rings (SSSR count). The average Bonchev–Trinajstić information content (AvgIpc) is 3.21. The van der Waals surface area contributed by atoms with E-state index in [0.29, 0.717) is 46.7 Å². The maximum absolute atomic E-state index is 12.6. The maximum Gasteiger partial charge on any atom is 0.266 e. The number of thioether (sulfide) groups is 1. The van der Waals surface area contributed by atoms with Crippen LogP contribution in [0.2, 0.25) is 0 Å². The second-order valence-electron chi connectivity index (χ2n) is 6.25. The van der Waals surface area contributed by atoms with Crippen molar-refractivity contribution in [1.82, 2.24) is 10.2 Å². The van der Waals surface area contributed by atoms with Crippen molar-refractivity contribution < 1.29 is 19.1 Å². The molecule has 6 nitrogen and oxygen atoms in total. The van der Waals surface area contributed by atoms with E-state index >= 15 is 0 Å². The van der Waals surface area contributed by atoms with Crippen molar-refractivity contribution >= 4 is 46.2 Å². The van der Waals surface area contributed by atoms with Crippen molar-refractivity contribution in [2.24, 2.45) is 0 Å². The Labute approximate surface area is 168 Å². The van der Waals surface area contributed by atoms with E-state index in [2.05, 4.69) is 12.2 Å². The summed E-state index contributed by atoms with van der Waals surface area (Å²) in [4.78, 5) is 26.5. The first kappa shape index (κ1) is 19.7. The molecule has 0 spiro atoms. The standard InChI is InChI=1S/C19H22N2O4S2/c1-2-3-8-20-17(22)5-4-9-21-18(23)16(27-19(21)26)11-13-6-7-14-15(10-13)25-12-24-14/h6-7,10-11H,2-5,8-9,12H2,1H3,(H,20,22)/b16-11-. The smallest absolute Gasteiger partial charge is 0.266 e. The van der Waals surface area contributed by atoms with Crippen LogP contribution < -0.4 is 14.8 Å². The van der Waals surface area contributed by atoms with E-state index in [1.165, 1.54) is 11.8 Å². The molecule has 0 aromatic heterocycles. The van der Waals surface area contributed by atoms with Gasteiger partial charge in [0, 0.05) is 19.5 Å². The monoisotopic (exact) mass is 406 g/mol. The van der Waals surface area contributed by atoms with Gasteiger partial charge < -0.3 is 14.8 Å². The van der Waals surface area contributed by atoms with Crippen LogP contribution in [0.15, 0.2) is 23.1 Å². The molecule has 0 bridgehead atoms. The fourth-order valence-electron chi connectivity index (χ4n) is 2.74. The highest BCUT2D eigenvalue weighted by Gasteiger charge is 2.31. The Hall–Kier alpha value is -2.06. The van der Waals surface area contributed by atoms with E-state index in [-0.39, 0.29) is 18.6 Å². The van der Waals surface area contributed by atoms with Gasteiger partial charge in [-0.05, 0) is 36.6 Å². The highest BCUT2D eigenvalue weighted by atomic mass is 32.2. The van der Waals surface area contributed by atoms with Crippen molar-refractivity contribution in [3.8, 4) is 11.5 Å². The molecule has 2 aliphatic rings. The van der Waals surface area contributed by atoms with E-state index in [9.17, 15) is 9.59 Å². The second-order valence-corrected chi connectivity index (χ2v) is 7.93. The minimum atomic E-state index is -0.117. The number of hydrogen-bond donors (Lipinski definition) is 1. The Morgan fingerprint density at radius 3 is 2.96 bits per heavy atom. The number of nitrogens with one attached hydrogen (secondary N) is 1. The lowest BCUT2D eigenvalue weighted by molar-refractivity contribution is -0.124. The molecule has 0 aliphatic carbocycles. The van der Waals surface area contributed by atoms with E-state index in [1.807, 2.05) is 18.2 Å². The quantitative estimate of drug-likeness (QED) is 0.406. The number of benzene rings is 1. The third kappa shape index (κ3) is 5.01. The van der Waals surface area contributed by atoms with E-state index in [1.54, 1.807) is 11.0 Å². The van der Waals surface area contributed by atoms with Crippen molar-refractivity contribution in [2.45, 2.75) is 32.6 Å². The summed E-state index contributed by atoms with van der Waals surface area (Å²) < 4.78 is 11.2. The largest absolute Gasteiger partial charge is 0.454 e. The molecular formula is C19H22N2O4S2. The van der Waals surface area contributed by atoms with Crippen LogP contribution in [0.25, 0.3) is 6.08 Å². The molecule has 1 aromatic carbocycles. The van der Waals surface area contributed by atoms with Gasteiger partial charge in [-0.15, -0.1) is 0 Å². The molecule has 1 saturated heterocycles. The van der Waals surface area contributed by atoms with Gasteiger partial charge in [0.1, 0.15) is 4.32 Å². The number of hydrogen-bond acceptors (Lipinski definition) is 6. The lowest BCUT2D eigenvalue weighted by atomic mass is 10.2. The Morgan fingerprint density at radius 2 is 2.15 bits per heavy atom. The average molecular weight is 407 g/mol. The lowest BCUT2D eigenvalue weighted by Crippen LogP contribution is -2.30. The molecule has 1 fully saturated rings. The molecule has 1 N–H and O–H groups in total. The summed E-state index contributed by atoms with van der Waals surface area (Å²) in [6.07, 6.45) is 4.81. The van der Waals surface area contributed by atoms with Crippen LogP contribution >= 0.6 is 24.0 Å². The predicted octanol–water partition coefficient (Wildman–Crippen LogP) is 3.31. The summed E-state index contributed by atoms with van der Waals surface area (Å²) in [5.41, 5.74) is 0.857. The van der Waals surface area contributed by atoms with Crippen molar-refractivity contribution in [3.05, 3.63) is 28.7 Å². The van der Waals surface area contributed by atoms with Gasteiger partial charge >= 0.3 is 0 Å². The third-order valence-electron chi connectivity index (χ3n) is 4.21. The van der Waals surface area contributed by atoms with Crippen LogP contribution in [0.5, 0.6) is 11.5 Å². The number of amides is 2. The summed E-state index contributed by atoms with van der Waals surface area (Å²) in [5.74, 6) is 1.28. The van der Waals surface area contributed by atoms with Crippen molar-refractivity contribution in [2.75, 3.05) is 19.9 Å². The van der Waals surface area contributed by atoms with Crippen molar-refractivity contribution in [3.63, 3.8) is 0 Å². The predicted molar refractivity (Wildman–Crippen MR) is 110 cm³/mol. The van der Waals surface area contributed by atoms with Gasteiger partial charge in [0.2, 0.25) is 12.7 Å². The first-order valence-electron chi connectivity index (χ1n) is 9.00. The molecule has 144 valence electrons. The summed E-state index contributed by atoms with van der Waals surface area (Å²) in [7, 11) is 0. The molecule has 8 heteroatoms. The van der Waals surface area contributed by atoms with Gasteiger partial charge in [-0.1, -0.05) is 43.4 Å². The normalized spacial score (nSPS) is 17.1. The van der Waals surface area contributed by atoms with Crippen LogP contribution in [0.4, 0.5) is 0 Å². The number of rotatable bonds is 8. The van der Waals surface area contributed by atoms with Crippen LogP contribution in [-0.2, 0) is 9.59 Å². The van der Waals surface area contributed by atoms with Crippen LogP contribution in [0, 0.1) is 0 Å². The number of carbonyl (C=O) groups excluding carboxylic acids is 2. The molecule has 2 amide bonds. The zero-order chi connectivity index (χ0) is 19.2. The highest BCUT2D eigenvalue weighted by molar-refractivity contribution is 8.26. The van der Waals surface area contributed by atoms with Gasteiger partial charge in [0.25, 0.3) is 5.91 Å². The van der Waals surface area contributed by atoms with Crippen molar-refractivity contribution in [1.29, 1.82) is 0 Å². The first-order chi connectivity index (χ1) is 13.1. The molecule has 2 heterocycles. The summed E-state index contributed by atoms with van der Waals surface area (Å²) in [5, 5.41) is 2.88. The Bertz CT molecular complexity index is 779. The van der Waals surface area contributed by atoms with Gasteiger partial charge in [-0.3, -0.25) is 14.5 Å². The Morgan fingerprint density at radius 1 is 1.33 bits per heavy atom. The SMILES string of the molecule is CCCCNC(=O)CCCN1C(=O)/C(=C/c2ccc3c(c2)OCO3)SC1=S. The number of thiocarbonyl (C=S) groups is 1. The second kappa shape index (κ2) is 9.23. The lowest BCUT2D eigenvalue weighted by Gasteiger charge is -2.14. The van der Waals surface area contributed by atoms with E-state index in [0.717, 1.165) is 18.4 Å². The molecule has 1 aromatic rings. The van der Waals surface area contributed by atoms with Gasteiger partial charge in [-0.2, -0.15) is 0 Å².